The summed E-state index contributed by atoms with van der Waals surface area (Å²) in [7, 11) is 0. The second-order valence-corrected chi connectivity index (χ2v) is 4.62. The van der Waals surface area contributed by atoms with Gasteiger partial charge in [-0.15, -0.1) is 0 Å². The maximum Gasteiger partial charge on any atom is 0.0976 e. The van der Waals surface area contributed by atoms with E-state index in [9.17, 15) is 0 Å². The van der Waals surface area contributed by atoms with Gasteiger partial charge in [-0.05, 0) is 6.42 Å². The Hall–Kier alpha value is -0.270. The molecule has 1 saturated heterocycles. The van der Waals surface area contributed by atoms with E-state index in [1.54, 1.807) is 0 Å². The third-order valence-electron chi connectivity index (χ3n) is 2.88. The molecule has 1 aliphatic heterocycles. The van der Waals surface area contributed by atoms with E-state index >= 15 is 0 Å². The van der Waals surface area contributed by atoms with Crippen LogP contribution in [0.5, 0.6) is 0 Å². The largest absolute Gasteiger partial charge is 0.296 e. The molecule has 0 aliphatic carbocycles. The molecule has 5 heteroatoms. The van der Waals surface area contributed by atoms with Crippen molar-refractivity contribution in [1.29, 1.82) is 5.26 Å². The lowest BCUT2D eigenvalue weighted by atomic mass is 10.2. The summed E-state index contributed by atoms with van der Waals surface area (Å²) < 4.78 is 0. The molecule has 0 aromatic rings. The van der Waals surface area contributed by atoms with Gasteiger partial charge in [0, 0.05) is 43.3 Å². The highest BCUT2D eigenvalue weighted by molar-refractivity contribution is 6.36. The molecule has 1 aliphatic rings. The number of nitriles is 1. The number of hydrogen-bond acceptors (Lipinski definition) is 3. The van der Waals surface area contributed by atoms with Gasteiger partial charge in [0.1, 0.15) is 0 Å². The molecule has 1 rings (SSSR count). The second-order valence-electron chi connectivity index (χ2n) is 3.92. The Balaban J connectivity index is 2.37. The van der Waals surface area contributed by atoms with Crippen LogP contribution in [0.4, 0.5) is 0 Å². The predicted molar refractivity (Wildman–Crippen MR) is 67.5 cm³/mol. The average Bonchev–Trinajstić information content (AvgIpc) is 2.32. The van der Waals surface area contributed by atoms with E-state index in [-0.39, 0.29) is 6.04 Å². The Kier molecular flexibility index (Phi) is 6.15. The second kappa shape index (κ2) is 7.13. The third kappa shape index (κ3) is 3.95. The van der Waals surface area contributed by atoms with Gasteiger partial charge in [0.15, 0.2) is 0 Å². The topological polar surface area (TPSA) is 30.3 Å². The van der Waals surface area contributed by atoms with Gasteiger partial charge in [-0.25, -0.2) is 0 Å². The molecule has 16 heavy (non-hydrogen) atoms. The highest BCUT2D eigenvalue weighted by Gasteiger charge is 2.22. The van der Waals surface area contributed by atoms with Gasteiger partial charge in [-0.2, -0.15) is 5.26 Å². The summed E-state index contributed by atoms with van der Waals surface area (Å²) in [5.74, 6) is 0. The molecule has 3 nitrogen and oxygen atoms in total. The first-order chi connectivity index (χ1) is 7.71. The lowest BCUT2D eigenvalue weighted by molar-refractivity contribution is 0.120. The molecule has 0 radical (unpaired) electrons. The molecule has 0 N–H and O–H groups in total. The first-order valence-electron chi connectivity index (χ1n) is 5.52. The van der Waals surface area contributed by atoms with E-state index in [1.165, 1.54) is 5.54 Å². The van der Waals surface area contributed by atoms with Crippen molar-refractivity contribution in [3.05, 3.63) is 10.6 Å². The Bertz CT molecular complexity index is 277. The summed E-state index contributed by atoms with van der Waals surface area (Å²) in [6, 6.07) is 2.39. The average molecular weight is 262 g/mol. The molecule has 0 aromatic carbocycles. The molecule has 0 saturated carbocycles. The van der Waals surface area contributed by atoms with Crippen LogP contribution in [-0.2, 0) is 0 Å². The van der Waals surface area contributed by atoms with Crippen LogP contribution in [0.15, 0.2) is 10.6 Å². The quantitative estimate of drug-likeness (QED) is 0.778. The van der Waals surface area contributed by atoms with Gasteiger partial charge in [-0.3, -0.25) is 9.80 Å². The third-order valence-corrected chi connectivity index (χ3v) is 3.48. The van der Waals surface area contributed by atoms with Crippen molar-refractivity contribution in [2.24, 2.45) is 0 Å². The zero-order valence-electron chi connectivity index (χ0n) is 9.49. The first kappa shape index (κ1) is 13.8. The zero-order valence-corrected chi connectivity index (χ0v) is 11.0. The lowest BCUT2D eigenvalue weighted by Gasteiger charge is -2.36. The summed E-state index contributed by atoms with van der Waals surface area (Å²) in [5.41, 5.74) is 1.41. The molecule has 1 fully saturated rings. The van der Waals surface area contributed by atoms with Gasteiger partial charge >= 0.3 is 0 Å². The molecule has 1 unspecified atom stereocenters. The highest BCUT2D eigenvalue weighted by Crippen LogP contribution is 2.12. The van der Waals surface area contributed by atoms with Gasteiger partial charge in [-0.1, -0.05) is 30.1 Å². The van der Waals surface area contributed by atoms with E-state index in [2.05, 4.69) is 15.9 Å². The number of piperazine rings is 1. The molecule has 1 atom stereocenters. The molecule has 0 amide bonds. The number of halogens is 2. The minimum atomic E-state index is 0.0567. The number of hydrogen-bond donors (Lipinski definition) is 0. The maximum absolute atomic E-state index is 8.97. The summed E-state index contributed by atoms with van der Waals surface area (Å²) in [6.07, 6.45) is 0.888. The van der Waals surface area contributed by atoms with Crippen LogP contribution in [0.25, 0.3) is 0 Å². The van der Waals surface area contributed by atoms with Crippen molar-refractivity contribution in [3.8, 4) is 6.07 Å². The fraction of sp³-hybridized carbons (Fsp3) is 0.727. The maximum atomic E-state index is 8.97. The summed E-state index contributed by atoms with van der Waals surface area (Å²) >= 11 is 11.4. The number of rotatable bonds is 4. The zero-order chi connectivity index (χ0) is 12.0. The van der Waals surface area contributed by atoms with Crippen LogP contribution >= 0.6 is 23.2 Å². The Labute approximate surface area is 107 Å². The molecule has 0 spiro atoms. The van der Waals surface area contributed by atoms with Gasteiger partial charge in [0.25, 0.3) is 0 Å². The minimum absolute atomic E-state index is 0.0567. The fourth-order valence-electron chi connectivity index (χ4n) is 1.91. The standard InChI is InChI=1S/C11H17Cl2N3/c1-2-11(8-14)16-5-3-15(4-6-16)9-10(13)7-12/h7,11H,2-6,9H2,1H3. The summed E-state index contributed by atoms with van der Waals surface area (Å²) in [4.78, 5) is 4.48. The van der Waals surface area contributed by atoms with Crippen molar-refractivity contribution >= 4 is 23.2 Å². The first-order valence-corrected chi connectivity index (χ1v) is 6.33. The van der Waals surface area contributed by atoms with Gasteiger partial charge < -0.3 is 0 Å². The van der Waals surface area contributed by atoms with Crippen LogP contribution in [0, 0.1) is 11.3 Å². The van der Waals surface area contributed by atoms with E-state index in [0.29, 0.717) is 11.6 Å². The van der Waals surface area contributed by atoms with E-state index in [1.807, 2.05) is 6.92 Å². The van der Waals surface area contributed by atoms with Gasteiger partial charge in [0.2, 0.25) is 0 Å². The van der Waals surface area contributed by atoms with Crippen LogP contribution in [0.3, 0.4) is 0 Å². The van der Waals surface area contributed by atoms with E-state index in [4.69, 9.17) is 28.5 Å². The normalized spacial score (nSPS) is 21.8. The van der Waals surface area contributed by atoms with Crippen molar-refractivity contribution in [2.45, 2.75) is 19.4 Å². The summed E-state index contributed by atoms with van der Waals surface area (Å²) in [6.45, 7) is 6.50. The molecular weight excluding hydrogens is 245 g/mol. The van der Waals surface area contributed by atoms with Crippen LogP contribution < -0.4 is 0 Å². The van der Waals surface area contributed by atoms with Crippen molar-refractivity contribution < 1.29 is 0 Å². The van der Waals surface area contributed by atoms with Crippen molar-refractivity contribution in [3.63, 3.8) is 0 Å². The van der Waals surface area contributed by atoms with Crippen LogP contribution in [0.1, 0.15) is 13.3 Å². The van der Waals surface area contributed by atoms with Crippen LogP contribution in [0.2, 0.25) is 0 Å². The van der Waals surface area contributed by atoms with Crippen molar-refractivity contribution in [1.82, 2.24) is 9.80 Å². The molecule has 0 aromatic heterocycles. The molecule has 90 valence electrons. The van der Waals surface area contributed by atoms with Gasteiger partial charge in [0.05, 0.1) is 12.1 Å². The Morgan fingerprint density at radius 2 is 2.06 bits per heavy atom. The van der Waals surface area contributed by atoms with E-state index in [0.717, 1.165) is 32.6 Å². The minimum Gasteiger partial charge on any atom is -0.296 e. The Morgan fingerprint density at radius 1 is 1.44 bits per heavy atom. The smallest absolute Gasteiger partial charge is 0.0976 e. The number of nitrogens with zero attached hydrogens (tertiary/aromatic N) is 3. The summed E-state index contributed by atoms with van der Waals surface area (Å²) in [5, 5.41) is 9.64. The highest BCUT2D eigenvalue weighted by atomic mass is 35.5. The fourth-order valence-corrected chi connectivity index (χ4v) is 2.15. The van der Waals surface area contributed by atoms with Crippen molar-refractivity contribution in [2.75, 3.05) is 32.7 Å². The van der Waals surface area contributed by atoms with E-state index < -0.39 is 0 Å². The molecule has 0 bridgehead atoms. The predicted octanol–water partition coefficient (Wildman–Crippen LogP) is 2.23. The van der Waals surface area contributed by atoms with Crippen LogP contribution in [-0.4, -0.2) is 48.6 Å². The Morgan fingerprint density at radius 3 is 2.50 bits per heavy atom. The SMILES string of the molecule is CCC(C#N)N1CCN(CC(Cl)=CCl)CC1. The molecular formula is C11H17Cl2N3. The molecule has 1 heterocycles. The lowest BCUT2D eigenvalue weighted by Crippen LogP contribution is -2.50. The monoisotopic (exact) mass is 261 g/mol.